The van der Waals surface area contributed by atoms with Gasteiger partial charge in [0.1, 0.15) is 5.41 Å². The van der Waals surface area contributed by atoms with Gasteiger partial charge in [-0.1, -0.05) is 0 Å². The number of rotatable bonds is 0. The Morgan fingerprint density at radius 1 is 1.38 bits per heavy atom. The van der Waals surface area contributed by atoms with Gasteiger partial charge in [-0.05, 0) is 20.8 Å². The minimum Gasteiger partial charge on any atom is -0.480 e. The Morgan fingerprint density at radius 2 is 2.00 bits per heavy atom. The molecule has 2 rings (SSSR count). The van der Waals surface area contributed by atoms with Gasteiger partial charge in [0.2, 0.25) is 5.90 Å². The topological polar surface area (TPSA) is 54.3 Å². The summed E-state index contributed by atoms with van der Waals surface area (Å²) in [4.78, 5) is 16.6. The molecule has 0 aliphatic carbocycles. The number of fused-ring (bicyclic) bond motifs is 1. The average Bonchev–Trinajstić information content (AvgIpc) is 2.46. The molecule has 0 aromatic rings. The zero-order valence-electron chi connectivity index (χ0n) is 10.2. The van der Waals surface area contributed by atoms with Gasteiger partial charge in [0.25, 0.3) is 5.91 Å². The molecule has 16 heavy (non-hydrogen) atoms. The van der Waals surface area contributed by atoms with Crippen LogP contribution in [0, 0.1) is 5.41 Å². The highest BCUT2D eigenvalue weighted by Gasteiger charge is 2.51. The molecule has 5 heteroatoms. The van der Waals surface area contributed by atoms with Crippen molar-refractivity contribution in [2.45, 2.75) is 20.8 Å². The lowest BCUT2D eigenvalue weighted by Gasteiger charge is -2.34. The molecule has 5 nitrogen and oxygen atoms in total. The molecule has 0 aromatic carbocycles. The summed E-state index contributed by atoms with van der Waals surface area (Å²) in [5.74, 6) is 0.407. The molecule has 2 aliphatic heterocycles. The lowest BCUT2D eigenvalue weighted by atomic mass is 9.77. The first-order valence-electron chi connectivity index (χ1n) is 5.11. The van der Waals surface area contributed by atoms with E-state index in [4.69, 9.17) is 4.74 Å². The highest BCUT2D eigenvalue weighted by atomic mass is 16.5. The van der Waals surface area contributed by atoms with Crippen molar-refractivity contribution >= 4 is 17.5 Å². The number of nitrogens with zero attached hydrogens (tertiary/aromatic N) is 3. The van der Waals surface area contributed by atoms with Crippen LogP contribution in [0.4, 0.5) is 0 Å². The number of carbonyl (C=O) groups is 1. The fraction of sp³-hybridized carbons (Fsp3) is 0.545. The highest BCUT2D eigenvalue weighted by molar-refractivity contribution is 6.21. The van der Waals surface area contributed by atoms with Crippen molar-refractivity contribution in [2.24, 2.45) is 15.5 Å². The molecule has 2 aliphatic rings. The van der Waals surface area contributed by atoms with Gasteiger partial charge in [0.15, 0.2) is 0 Å². The zero-order valence-corrected chi connectivity index (χ0v) is 10.2. The lowest BCUT2D eigenvalue weighted by molar-refractivity contribution is -0.135. The van der Waals surface area contributed by atoms with E-state index in [0.717, 1.165) is 17.0 Å². The van der Waals surface area contributed by atoms with Gasteiger partial charge in [0, 0.05) is 18.5 Å². The van der Waals surface area contributed by atoms with E-state index in [0.29, 0.717) is 5.90 Å². The second-order valence-electron chi connectivity index (χ2n) is 4.22. The van der Waals surface area contributed by atoms with Crippen LogP contribution >= 0.6 is 0 Å². The number of carbonyl (C=O) groups excluding carboxylic acids is 1. The van der Waals surface area contributed by atoms with Crippen LogP contribution in [0.1, 0.15) is 20.8 Å². The monoisotopic (exact) mass is 221 g/mol. The Balaban J connectivity index is 2.67. The van der Waals surface area contributed by atoms with Gasteiger partial charge >= 0.3 is 0 Å². The third-order valence-electron chi connectivity index (χ3n) is 3.29. The van der Waals surface area contributed by atoms with Crippen LogP contribution in [0.25, 0.3) is 0 Å². The summed E-state index contributed by atoms with van der Waals surface area (Å²) in [6, 6.07) is 0. The van der Waals surface area contributed by atoms with E-state index in [1.807, 2.05) is 20.8 Å². The van der Waals surface area contributed by atoms with Crippen molar-refractivity contribution in [2.75, 3.05) is 14.2 Å². The minimum atomic E-state index is -0.716. The fourth-order valence-corrected chi connectivity index (χ4v) is 2.29. The number of aliphatic imine (C=N–C) groups is 1. The number of ether oxygens (including phenoxy) is 1. The summed E-state index contributed by atoms with van der Waals surface area (Å²) in [5.41, 5.74) is 1.67. The Bertz CT molecular complexity index is 462. The van der Waals surface area contributed by atoms with Crippen LogP contribution in [0.5, 0.6) is 0 Å². The van der Waals surface area contributed by atoms with E-state index in [2.05, 4.69) is 10.1 Å². The molecule has 1 amide bonds. The quantitative estimate of drug-likeness (QED) is 0.616. The van der Waals surface area contributed by atoms with Crippen LogP contribution in [-0.2, 0) is 9.53 Å². The molecule has 0 aromatic heterocycles. The maximum absolute atomic E-state index is 12.2. The number of methoxy groups -OCH3 is 1. The lowest BCUT2D eigenvalue weighted by Crippen LogP contribution is -2.48. The first kappa shape index (κ1) is 10.9. The minimum absolute atomic E-state index is 0.0681. The summed E-state index contributed by atoms with van der Waals surface area (Å²) >= 11 is 0. The number of hydrogen-bond donors (Lipinski definition) is 0. The van der Waals surface area contributed by atoms with Crippen LogP contribution in [0.2, 0.25) is 0 Å². The summed E-state index contributed by atoms with van der Waals surface area (Å²) in [6.45, 7) is 5.60. The Hall–Kier alpha value is -1.65. The van der Waals surface area contributed by atoms with E-state index in [-0.39, 0.29) is 5.91 Å². The number of hydrazone groups is 1. The van der Waals surface area contributed by atoms with Gasteiger partial charge < -0.3 is 4.74 Å². The van der Waals surface area contributed by atoms with Crippen molar-refractivity contribution in [3.63, 3.8) is 0 Å². The van der Waals surface area contributed by atoms with Crippen LogP contribution in [-0.4, -0.2) is 36.7 Å². The van der Waals surface area contributed by atoms with Crippen LogP contribution in [0.3, 0.4) is 0 Å². The van der Waals surface area contributed by atoms with Gasteiger partial charge in [-0.25, -0.2) is 5.01 Å². The highest BCUT2D eigenvalue weighted by Crippen LogP contribution is 2.42. The molecule has 2 heterocycles. The third-order valence-corrected chi connectivity index (χ3v) is 3.29. The number of hydrogen-bond acceptors (Lipinski definition) is 4. The second-order valence-corrected chi connectivity index (χ2v) is 4.22. The predicted octanol–water partition coefficient (Wildman–Crippen LogP) is 1.17. The van der Waals surface area contributed by atoms with Crippen molar-refractivity contribution in [1.29, 1.82) is 0 Å². The fourth-order valence-electron chi connectivity index (χ4n) is 2.29. The summed E-state index contributed by atoms with van der Waals surface area (Å²) in [5, 5.41) is 5.42. The van der Waals surface area contributed by atoms with Crippen molar-refractivity contribution in [3.05, 3.63) is 11.3 Å². The predicted molar refractivity (Wildman–Crippen MR) is 61.1 cm³/mol. The molecular weight excluding hydrogens is 206 g/mol. The molecule has 0 saturated heterocycles. The summed E-state index contributed by atoms with van der Waals surface area (Å²) < 4.78 is 5.23. The molecule has 1 unspecified atom stereocenters. The first-order chi connectivity index (χ1) is 7.42. The Morgan fingerprint density at radius 3 is 2.56 bits per heavy atom. The van der Waals surface area contributed by atoms with Crippen LogP contribution < -0.4 is 0 Å². The van der Waals surface area contributed by atoms with E-state index in [1.54, 1.807) is 14.2 Å². The molecule has 0 radical (unpaired) electrons. The normalized spacial score (nSPS) is 29.1. The first-order valence-corrected chi connectivity index (χ1v) is 5.11. The molecule has 0 spiro atoms. The van der Waals surface area contributed by atoms with E-state index >= 15 is 0 Å². The SMILES string of the molecule is COC1=NN(C)C(=O)C2(C)C(C)=NC(C)=C12. The van der Waals surface area contributed by atoms with Gasteiger partial charge in [-0.3, -0.25) is 9.79 Å². The maximum atomic E-state index is 12.2. The molecular formula is C11H15N3O2. The smallest absolute Gasteiger partial charge is 0.258 e. The van der Waals surface area contributed by atoms with E-state index in [9.17, 15) is 4.79 Å². The standard InChI is InChI=1S/C11H15N3O2/c1-6-8-9(16-5)13-14(4)10(15)11(8,3)7(2)12-6/h1-5H3. The number of amides is 1. The van der Waals surface area contributed by atoms with Gasteiger partial charge in [-0.15, -0.1) is 5.10 Å². The zero-order chi connectivity index (χ0) is 12.1. The maximum Gasteiger partial charge on any atom is 0.258 e. The van der Waals surface area contributed by atoms with Crippen molar-refractivity contribution in [3.8, 4) is 0 Å². The van der Waals surface area contributed by atoms with Crippen molar-refractivity contribution < 1.29 is 9.53 Å². The number of allylic oxidation sites excluding steroid dienone is 1. The van der Waals surface area contributed by atoms with Gasteiger partial charge in [0.05, 0.1) is 12.7 Å². The molecule has 0 bridgehead atoms. The van der Waals surface area contributed by atoms with Crippen molar-refractivity contribution in [1.82, 2.24) is 5.01 Å². The van der Waals surface area contributed by atoms with E-state index in [1.165, 1.54) is 5.01 Å². The largest absolute Gasteiger partial charge is 0.480 e. The molecule has 0 N–H and O–H groups in total. The summed E-state index contributed by atoms with van der Waals surface area (Å²) in [7, 11) is 3.18. The molecule has 1 atom stereocenters. The molecule has 0 fully saturated rings. The van der Waals surface area contributed by atoms with Crippen LogP contribution in [0.15, 0.2) is 21.4 Å². The third kappa shape index (κ3) is 1.08. The van der Waals surface area contributed by atoms with Gasteiger partial charge in [-0.2, -0.15) is 0 Å². The second kappa shape index (κ2) is 3.17. The molecule has 86 valence electrons. The van der Waals surface area contributed by atoms with E-state index < -0.39 is 5.41 Å². The summed E-state index contributed by atoms with van der Waals surface area (Å²) in [6.07, 6.45) is 0. The Labute approximate surface area is 94.5 Å². The Kier molecular flexibility index (Phi) is 2.15. The average molecular weight is 221 g/mol. The molecule has 0 saturated carbocycles.